The first-order chi connectivity index (χ1) is 5.57. The molecule has 0 radical (unpaired) electrons. The quantitative estimate of drug-likeness (QED) is 0.422. The summed E-state index contributed by atoms with van der Waals surface area (Å²) in [6.45, 7) is 1.33. The Hall–Kier alpha value is -0.970. The van der Waals surface area contributed by atoms with Crippen molar-refractivity contribution in [2.24, 2.45) is 0 Å². The van der Waals surface area contributed by atoms with Gasteiger partial charge >= 0.3 is 80.1 Å². The Morgan fingerprint density at radius 1 is 1.75 bits per heavy atom. The molecule has 0 heterocycles. The fourth-order valence-corrected chi connectivity index (χ4v) is 0.772. The fourth-order valence-electron chi connectivity index (χ4n) is 0.318. The van der Waals surface area contributed by atoms with E-state index < -0.39 is 39.7 Å². The number of terminal acetylenes is 1. The third-order valence-electron chi connectivity index (χ3n) is 0.858. The van der Waals surface area contributed by atoms with Crippen molar-refractivity contribution in [3.63, 3.8) is 0 Å². The van der Waals surface area contributed by atoms with E-state index in [4.69, 9.17) is 11.5 Å². The molecule has 0 rings (SSSR count). The molecule has 0 spiro atoms. The van der Waals surface area contributed by atoms with E-state index in [0.717, 1.165) is 0 Å². The van der Waals surface area contributed by atoms with Gasteiger partial charge < -0.3 is 0 Å². The van der Waals surface area contributed by atoms with Gasteiger partial charge in [-0.3, -0.25) is 0 Å². The molecule has 0 saturated carbocycles. The molecule has 0 fully saturated rings. The Balaban J connectivity index is 3.71. The van der Waals surface area contributed by atoms with Crippen LogP contribution in [-0.2, 0) is 7.86 Å². The van der Waals surface area contributed by atoms with Crippen LogP contribution >= 0.6 is 0 Å². The van der Waals surface area contributed by atoms with Gasteiger partial charge in [-0.05, 0) is 0 Å². The van der Waals surface area contributed by atoms with Crippen molar-refractivity contribution < 1.29 is 39.4 Å². The molecule has 68 valence electrons. The summed E-state index contributed by atoms with van der Waals surface area (Å²) in [5.41, 5.74) is 0. The third kappa shape index (κ3) is 4.79. The molecule has 0 aliphatic rings. The van der Waals surface area contributed by atoms with E-state index >= 15 is 0 Å². The van der Waals surface area contributed by atoms with Crippen LogP contribution in [-0.4, -0.2) is 23.2 Å². The molecule has 1 atom stereocenters. The van der Waals surface area contributed by atoms with Gasteiger partial charge in [0.25, 0.3) is 0 Å². The van der Waals surface area contributed by atoms with Crippen LogP contribution in [0.5, 0.6) is 0 Å². The Morgan fingerprint density at radius 2 is 2.33 bits per heavy atom. The van der Waals surface area contributed by atoms with E-state index in [1.165, 1.54) is 6.92 Å². The van der Waals surface area contributed by atoms with Crippen LogP contribution in [0.4, 0.5) is 4.79 Å². The molecule has 1 unspecified atom stereocenters. The molecule has 1 amide bonds. The van der Waals surface area contributed by atoms with E-state index in [0.29, 0.717) is 0 Å². The maximum atomic E-state index is 10.7. The van der Waals surface area contributed by atoms with Gasteiger partial charge in [0.1, 0.15) is 0 Å². The summed E-state index contributed by atoms with van der Waals surface area (Å²) in [6, 6.07) is -0.959. The molecule has 5 nitrogen and oxygen atoms in total. The number of nitrogens with one attached hydrogen (secondary N) is 1. The Bertz CT molecular complexity index is 222. The topological polar surface area (TPSA) is 75.6 Å². The summed E-state index contributed by atoms with van der Waals surface area (Å²) in [7, 11) is 0. The van der Waals surface area contributed by atoms with E-state index in [2.05, 4.69) is 12.3 Å². The van der Waals surface area contributed by atoms with Crippen molar-refractivity contribution in [2.45, 2.75) is 13.0 Å². The maximum absolute atomic E-state index is 10.7. The number of hydrogen-bond acceptors (Lipinski definition) is 3. The van der Waals surface area contributed by atoms with Crippen LogP contribution in [0.25, 0.3) is 0 Å². The normalized spacial score (nSPS) is 11.3. The first kappa shape index (κ1) is 11.0. The van der Waals surface area contributed by atoms with Crippen molar-refractivity contribution >= 4 is 12.1 Å². The van der Waals surface area contributed by atoms with Crippen molar-refractivity contribution in [1.82, 2.24) is 5.32 Å². The Kier molecular flexibility index (Phi) is 5.19. The first-order valence-corrected chi connectivity index (χ1v) is 4.83. The average molecular weight is 284 g/mol. The van der Waals surface area contributed by atoms with E-state index in [1.807, 2.05) is 0 Å². The monoisotopic (exact) mass is 284 g/mol. The molecule has 0 aliphatic heterocycles. The van der Waals surface area contributed by atoms with Gasteiger partial charge in [0.15, 0.2) is 0 Å². The molecule has 0 aromatic rings. The molecular weight excluding hydrogens is 277 g/mol. The van der Waals surface area contributed by atoms with Crippen LogP contribution in [0.2, 0.25) is 0 Å². The minimum atomic E-state index is -1.12. The Morgan fingerprint density at radius 3 is 2.75 bits per heavy atom. The van der Waals surface area contributed by atoms with Crippen molar-refractivity contribution in [3.8, 4) is 10.4 Å². The van der Waals surface area contributed by atoms with E-state index in [-0.39, 0.29) is 0 Å². The van der Waals surface area contributed by atoms with E-state index in [9.17, 15) is 9.59 Å². The second kappa shape index (κ2) is 5.65. The summed E-state index contributed by atoms with van der Waals surface area (Å²) in [5.74, 6) is -1.12. The van der Waals surface area contributed by atoms with Gasteiger partial charge in [-0.25, -0.2) is 0 Å². The van der Waals surface area contributed by atoms with Crippen molar-refractivity contribution in [3.05, 3.63) is 0 Å². The predicted octanol–water partition coefficient (Wildman–Crippen LogP) is -3.22. The molecule has 2 N–H and O–H groups in total. The number of amides is 1. The summed E-state index contributed by atoms with van der Waals surface area (Å²) in [4.78, 5) is 20.9. The van der Waals surface area contributed by atoms with E-state index in [1.54, 1.807) is 0 Å². The molecule has 0 bridgehead atoms. The van der Waals surface area contributed by atoms with Gasteiger partial charge in [-0.2, -0.15) is 0 Å². The molecule has 0 aliphatic carbocycles. The number of halogens is 1. The summed E-state index contributed by atoms with van der Waals surface area (Å²) in [5, 5.41) is 10.4. The number of hydrogen-bond donors (Lipinski definition) is 2. The van der Waals surface area contributed by atoms with Gasteiger partial charge in [-0.15, -0.1) is 0 Å². The van der Waals surface area contributed by atoms with Crippen LogP contribution in [0.1, 0.15) is 6.92 Å². The van der Waals surface area contributed by atoms with Crippen molar-refractivity contribution in [2.75, 3.05) is 0 Å². The molecule has 0 saturated heterocycles. The zero-order valence-electron chi connectivity index (χ0n) is 6.20. The molecular formula is C6H7INO4-. The third-order valence-corrected chi connectivity index (χ3v) is 1.73. The number of carbonyl (C=O) groups is 2. The first-order valence-electron chi connectivity index (χ1n) is 2.87. The van der Waals surface area contributed by atoms with Gasteiger partial charge in [0.2, 0.25) is 0 Å². The SMILES string of the molecule is C#C[I-]OC(=O)NC(C)C(=O)O. The standard InChI is InChI=1S/C6H7INO4/c1-3-7-12-6(11)8-4(2)5(9)10/h1,4H,2H3,(H,8,11)(H,9,10)/q-1. The van der Waals surface area contributed by atoms with Crippen LogP contribution < -0.4 is 26.9 Å². The molecule has 0 aromatic heterocycles. The van der Waals surface area contributed by atoms with Crippen LogP contribution in [0, 0.1) is 10.4 Å². The predicted molar refractivity (Wildman–Crippen MR) is 35.5 cm³/mol. The number of carboxylic acids is 1. The Labute approximate surface area is 80.3 Å². The van der Waals surface area contributed by atoms with Crippen LogP contribution in [0.3, 0.4) is 0 Å². The van der Waals surface area contributed by atoms with Crippen molar-refractivity contribution in [1.29, 1.82) is 0 Å². The number of carbonyl (C=O) groups excluding carboxylic acids is 1. The summed E-state index contributed by atoms with van der Waals surface area (Å²) >= 11 is -1.04. The van der Waals surface area contributed by atoms with Crippen LogP contribution in [0.15, 0.2) is 0 Å². The second-order valence-corrected chi connectivity index (χ2v) is 3.26. The second-order valence-electron chi connectivity index (χ2n) is 1.76. The number of carboxylic acid groups (broad SMARTS) is 1. The average Bonchev–Trinajstić information content (AvgIpc) is 2.00. The molecule has 0 aromatic carbocycles. The van der Waals surface area contributed by atoms with Gasteiger partial charge in [0, 0.05) is 0 Å². The zero-order valence-corrected chi connectivity index (χ0v) is 8.36. The summed E-state index contributed by atoms with van der Waals surface area (Å²) in [6.07, 6.45) is 4.06. The minimum absolute atomic E-state index is 0.782. The number of rotatable bonds is 3. The molecule has 12 heavy (non-hydrogen) atoms. The number of aliphatic carboxylic acids is 1. The fraction of sp³-hybridized carbons (Fsp3) is 0.333. The van der Waals surface area contributed by atoms with Gasteiger partial charge in [-0.1, -0.05) is 0 Å². The summed E-state index contributed by atoms with van der Waals surface area (Å²) < 4.78 is 6.65. The van der Waals surface area contributed by atoms with Gasteiger partial charge in [0.05, 0.1) is 0 Å². The zero-order chi connectivity index (χ0) is 9.56. The molecule has 6 heteroatoms.